The molecule has 14 heavy (non-hydrogen) atoms. The van der Waals surface area contributed by atoms with E-state index in [9.17, 15) is 4.79 Å². The van der Waals surface area contributed by atoms with Gasteiger partial charge in [0.1, 0.15) is 0 Å². The number of nitrogens with one attached hydrogen (secondary N) is 1. The van der Waals surface area contributed by atoms with Gasteiger partial charge >= 0.3 is 0 Å². The highest BCUT2D eigenvalue weighted by Crippen LogP contribution is 2.33. The normalized spacial score (nSPS) is 28.4. The molecule has 0 saturated carbocycles. The number of carbonyl (C=O) groups is 1. The molecule has 1 aliphatic heterocycles. The van der Waals surface area contributed by atoms with Crippen LogP contribution < -0.4 is 11.1 Å². The monoisotopic (exact) mass is 216 g/mol. The Bertz CT molecular complexity index is 218. The van der Waals surface area contributed by atoms with Crippen LogP contribution in [0.15, 0.2) is 0 Å². The Hall–Kier alpha value is -0.220. The third kappa shape index (κ3) is 3.50. The number of hydrogen-bond donors (Lipinski definition) is 2. The summed E-state index contributed by atoms with van der Waals surface area (Å²) in [6.07, 6.45) is 1.12. The quantitative estimate of drug-likeness (QED) is 0.739. The molecule has 2 unspecified atom stereocenters. The van der Waals surface area contributed by atoms with Crippen LogP contribution in [-0.4, -0.2) is 29.5 Å². The second-order valence-corrected chi connectivity index (χ2v) is 5.90. The van der Waals surface area contributed by atoms with E-state index < -0.39 is 0 Å². The molecule has 1 heterocycles. The Morgan fingerprint density at radius 2 is 2.29 bits per heavy atom. The zero-order valence-corrected chi connectivity index (χ0v) is 9.99. The van der Waals surface area contributed by atoms with Crippen LogP contribution >= 0.6 is 11.8 Å². The summed E-state index contributed by atoms with van der Waals surface area (Å²) in [5, 5.41) is 3.28. The van der Waals surface area contributed by atoms with Gasteiger partial charge in [0.2, 0.25) is 5.91 Å². The molecule has 1 fully saturated rings. The van der Waals surface area contributed by atoms with Crippen LogP contribution in [-0.2, 0) is 4.79 Å². The summed E-state index contributed by atoms with van der Waals surface area (Å²) in [4.78, 5) is 10.9. The van der Waals surface area contributed by atoms with Gasteiger partial charge < -0.3 is 11.1 Å². The molecule has 1 saturated heterocycles. The standard InChI is InChI=1S/C10H20N2OS/c1-7(9(11)13)12-8-4-10(2,3)6-14-5-8/h7-8,12H,4-6H2,1-3H3,(H2,11,13). The van der Waals surface area contributed by atoms with Crippen molar-refractivity contribution < 1.29 is 4.79 Å². The molecule has 0 bridgehead atoms. The summed E-state index contributed by atoms with van der Waals surface area (Å²) in [6, 6.07) is 0.209. The number of thioether (sulfide) groups is 1. The molecule has 1 rings (SSSR count). The highest BCUT2D eigenvalue weighted by molar-refractivity contribution is 7.99. The molecular formula is C10H20N2OS. The molecule has 0 aromatic rings. The van der Waals surface area contributed by atoms with Crippen LogP contribution in [0, 0.1) is 5.41 Å². The smallest absolute Gasteiger partial charge is 0.234 e. The van der Waals surface area contributed by atoms with E-state index in [-0.39, 0.29) is 11.9 Å². The van der Waals surface area contributed by atoms with Gasteiger partial charge in [-0.3, -0.25) is 4.79 Å². The van der Waals surface area contributed by atoms with Gasteiger partial charge in [-0.2, -0.15) is 11.8 Å². The summed E-state index contributed by atoms with van der Waals surface area (Å²) in [7, 11) is 0. The number of rotatable bonds is 3. The van der Waals surface area contributed by atoms with Crippen molar-refractivity contribution in [3.8, 4) is 0 Å². The fourth-order valence-corrected chi connectivity index (χ4v) is 3.09. The van der Waals surface area contributed by atoms with Crippen molar-refractivity contribution in [2.45, 2.75) is 39.3 Å². The van der Waals surface area contributed by atoms with E-state index in [0.717, 1.165) is 12.2 Å². The third-order valence-corrected chi connectivity index (χ3v) is 4.15. The van der Waals surface area contributed by atoms with Crippen molar-refractivity contribution >= 4 is 17.7 Å². The van der Waals surface area contributed by atoms with E-state index in [0.29, 0.717) is 11.5 Å². The summed E-state index contributed by atoms with van der Waals surface area (Å²) < 4.78 is 0. The van der Waals surface area contributed by atoms with E-state index in [1.807, 2.05) is 18.7 Å². The highest BCUT2D eigenvalue weighted by atomic mass is 32.2. The lowest BCUT2D eigenvalue weighted by molar-refractivity contribution is -0.119. The van der Waals surface area contributed by atoms with Crippen LogP contribution in [0.3, 0.4) is 0 Å². The summed E-state index contributed by atoms with van der Waals surface area (Å²) in [6.45, 7) is 6.36. The lowest BCUT2D eigenvalue weighted by Crippen LogP contribution is -2.48. The number of amides is 1. The van der Waals surface area contributed by atoms with Gasteiger partial charge in [0, 0.05) is 11.8 Å². The molecular weight excluding hydrogens is 196 g/mol. The molecule has 1 amide bonds. The highest BCUT2D eigenvalue weighted by Gasteiger charge is 2.29. The fourth-order valence-electron chi connectivity index (χ4n) is 1.81. The first-order chi connectivity index (χ1) is 6.41. The van der Waals surface area contributed by atoms with E-state index >= 15 is 0 Å². The van der Waals surface area contributed by atoms with Crippen LogP contribution in [0.2, 0.25) is 0 Å². The molecule has 3 N–H and O–H groups in total. The first kappa shape index (κ1) is 11.9. The van der Waals surface area contributed by atoms with Gasteiger partial charge in [0.25, 0.3) is 0 Å². The van der Waals surface area contributed by atoms with Gasteiger partial charge in [-0.25, -0.2) is 0 Å². The maximum Gasteiger partial charge on any atom is 0.234 e. The molecule has 0 aliphatic carbocycles. The van der Waals surface area contributed by atoms with Gasteiger partial charge in [-0.15, -0.1) is 0 Å². The van der Waals surface area contributed by atoms with Crippen molar-refractivity contribution in [2.75, 3.05) is 11.5 Å². The van der Waals surface area contributed by atoms with Crippen molar-refractivity contribution in [3.63, 3.8) is 0 Å². The summed E-state index contributed by atoms with van der Waals surface area (Å²) in [5.74, 6) is 2.02. The predicted octanol–water partition coefficient (Wildman–Crippen LogP) is 0.981. The molecule has 3 nitrogen and oxygen atoms in total. The minimum atomic E-state index is -0.265. The van der Waals surface area contributed by atoms with Crippen molar-refractivity contribution in [1.82, 2.24) is 5.32 Å². The molecule has 0 radical (unpaired) electrons. The Labute approximate surface area is 90.2 Å². The Morgan fingerprint density at radius 1 is 1.64 bits per heavy atom. The molecule has 0 spiro atoms. The van der Waals surface area contributed by atoms with Gasteiger partial charge in [0.15, 0.2) is 0 Å². The lowest BCUT2D eigenvalue weighted by Gasteiger charge is -2.36. The Kier molecular flexibility index (Phi) is 3.84. The van der Waals surface area contributed by atoms with Crippen LogP contribution in [0.1, 0.15) is 27.2 Å². The third-order valence-electron chi connectivity index (χ3n) is 2.52. The largest absolute Gasteiger partial charge is 0.368 e. The molecule has 1 aliphatic rings. The Morgan fingerprint density at radius 3 is 2.79 bits per heavy atom. The van der Waals surface area contributed by atoms with E-state index in [4.69, 9.17) is 5.73 Å². The number of primary amides is 1. The molecule has 2 atom stereocenters. The second kappa shape index (κ2) is 4.53. The van der Waals surface area contributed by atoms with E-state index in [1.54, 1.807) is 0 Å². The predicted molar refractivity (Wildman–Crippen MR) is 61.3 cm³/mol. The average Bonchev–Trinajstić information content (AvgIpc) is 2.01. The van der Waals surface area contributed by atoms with Crippen molar-refractivity contribution in [1.29, 1.82) is 0 Å². The average molecular weight is 216 g/mol. The SMILES string of the molecule is CC(NC1CSCC(C)(C)C1)C(N)=O. The maximum atomic E-state index is 10.9. The fraction of sp³-hybridized carbons (Fsp3) is 0.900. The van der Waals surface area contributed by atoms with Crippen molar-refractivity contribution in [2.24, 2.45) is 11.1 Å². The van der Waals surface area contributed by atoms with E-state index in [1.165, 1.54) is 5.75 Å². The first-order valence-electron chi connectivity index (χ1n) is 5.04. The number of nitrogens with two attached hydrogens (primary N) is 1. The van der Waals surface area contributed by atoms with Gasteiger partial charge in [-0.05, 0) is 24.5 Å². The van der Waals surface area contributed by atoms with E-state index in [2.05, 4.69) is 19.2 Å². The molecule has 0 aromatic carbocycles. The summed E-state index contributed by atoms with van der Waals surface area (Å²) >= 11 is 1.95. The topological polar surface area (TPSA) is 55.1 Å². The lowest BCUT2D eigenvalue weighted by atomic mass is 9.87. The molecule has 82 valence electrons. The summed E-state index contributed by atoms with van der Waals surface area (Å²) in [5.41, 5.74) is 5.59. The minimum Gasteiger partial charge on any atom is -0.368 e. The second-order valence-electron chi connectivity index (χ2n) is 4.87. The van der Waals surface area contributed by atoms with Crippen LogP contribution in [0.25, 0.3) is 0 Å². The van der Waals surface area contributed by atoms with Gasteiger partial charge in [0.05, 0.1) is 6.04 Å². The number of hydrogen-bond acceptors (Lipinski definition) is 3. The first-order valence-corrected chi connectivity index (χ1v) is 6.19. The Balaban J connectivity index is 2.42. The van der Waals surface area contributed by atoms with Crippen molar-refractivity contribution in [3.05, 3.63) is 0 Å². The zero-order chi connectivity index (χ0) is 10.8. The van der Waals surface area contributed by atoms with Gasteiger partial charge in [-0.1, -0.05) is 13.8 Å². The van der Waals surface area contributed by atoms with Crippen LogP contribution in [0.4, 0.5) is 0 Å². The zero-order valence-electron chi connectivity index (χ0n) is 9.17. The molecule has 4 heteroatoms. The van der Waals surface area contributed by atoms with Crippen LogP contribution in [0.5, 0.6) is 0 Å². The maximum absolute atomic E-state index is 10.9. The molecule has 0 aromatic heterocycles. The minimum absolute atomic E-state index is 0.213. The number of carbonyl (C=O) groups excluding carboxylic acids is 1.